The minimum atomic E-state index is -0.965. The number of carbonyl (C=O) groups is 2. The molecule has 0 spiro atoms. The van der Waals surface area contributed by atoms with Gasteiger partial charge in [-0.1, -0.05) is 0 Å². The Balaban J connectivity index is 2.87. The van der Waals surface area contributed by atoms with Crippen LogP contribution in [0.15, 0.2) is 18.2 Å². The van der Waals surface area contributed by atoms with Gasteiger partial charge < -0.3 is 14.4 Å². The number of rotatable bonds is 3. The highest BCUT2D eigenvalue weighted by Crippen LogP contribution is 2.20. The first-order valence-corrected chi connectivity index (χ1v) is 5.15. The van der Waals surface area contributed by atoms with E-state index in [1.54, 1.807) is 0 Å². The monoisotopic (exact) mass is 255 g/mol. The number of nitrogens with zero attached hydrogens (tertiary/aromatic N) is 1. The van der Waals surface area contributed by atoms with Crippen molar-refractivity contribution in [1.82, 2.24) is 4.90 Å². The van der Waals surface area contributed by atoms with Gasteiger partial charge in [-0.3, -0.25) is 4.79 Å². The van der Waals surface area contributed by atoms with Crippen molar-refractivity contribution in [2.75, 3.05) is 21.3 Å². The maximum absolute atomic E-state index is 13.1. The largest absolute Gasteiger partial charge is 0.496 e. The molecule has 1 aromatic rings. The Morgan fingerprint density at radius 1 is 1.33 bits per heavy atom. The molecular weight excluding hydrogens is 241 g/mol. The molecule has 1 rings (SSSR count). The van der Waals surface area contributed by atoms with Gasteiger partial charge in [0.2, 0.25) is 0 Å². The summed E-state index contributed by atoms with van der Waals surface area (Å²) in [5.41, 5.74) is 0.470. The number of benzene rings is 1. The Morgan fingerprint density at radius 3 is 2.56 bits per heavy atom. The number of halogens is 1. The second kappa shape index (κ2) is 6.00. The third-order valence-corrected chi connectivity index (χ3v) is 2.36. The van der Waals surface area contributed by atoms with E-state index < -0.39 is 17.7 Å². The van der Waals surface area contributed by atoms with E-state index in [4.69, 9.17) is 4.74 Å². The fourth-order valence-corrected chi connectivity index (χ4v) is 1.44. The Hall–Kier alpha value is -2.11. The van der Waals surface area contributed by atoms with Crippen LogP contribution in [0.2, 0.25) is 0 Å². The van der Waals surface area contributed by atoms with Crippen molar-refractivity contribution >= 4 is 11.9 Å². The molecule has 0 aromatic heterocycles. The topological polar surface area (TPSA) is 55.8 Å². The van der Waals surface area contributed by atoms with Crippen LogP contribution in [-0.4, -0.2) is 38.0 Å². The number of esters is 1. The van der Waals surface area contributed by atoms with E-state index >= 15 is 0 Å². The molecule has 5 nitrogen and oxygen atoms in total. The third-order valence-electron chi connectivity index (χ3n) is 2.36. The first-order chi connectivity index (χ1) is 8.49. The summed E-state index contributed by atoms with van der Waals surface area (Å²) in [6.07, 6.45) is 0. The first kappa shape index (κ1) is 14.0. The number of hydrogen-bond donors (Lipinski definition) is 0. The van der Waals surface area contributed by atoms with E-state index in [-0.39, 0.29) is 6.54 Å². The van der Waals surface area contributed by atoms with E-state index in [2.05, 4.69) is 4.74 Å². The lowest BCUT2D eigenvalue weighted by Gasteiger charge is -2.17. The molecule has 0 unspecified atom stereocenters. The minimum absolute atomic E-state index is 0.0505. The summed E-state index contributed by atoms with van der Waals surface area (Å²) in [6.45, 7) is 0.0505. The van der Waals surface area contributed by atoms with Crippen LogP contribution in [-0.2, 0) is 20.9 Å². The molecule has 1 amide bonds. The van der Waals surface area contributed by atoms with Gasteiger partial charge in [0.25, 0.3) is 0 Å². The molecular formula is C12H14FNO4. The summed E-state index contributed by atoms with van der Waals surface area (Å²) in [5, 5.41) is 0. The molecule has 0 aliphatic carbocycles. The van der Waals surface area contributed by atoms with Gasteiger partial charge in [-0.15, -0.1) is 0 Å². The second-order valence-corrected chi connectivity index (χ2v) is 3.61. The number of likely N-dealkylation sites (N-methyl/N-ethyl adjacent to an activating group) is 1. The molecule has 18 heavy (non-hydrogen) atoms. The molecule has 0 bridgehead atoms. The quantitative estimate of drug-likeness (QED) is 0.596. The molecule has 0 fully saturated rings. The van der Waals surface area contributed by atoms with Gasteiger partial charge in [0.1, 0.15) is 11.6 Å². The molecule has 0 atom stereocenters. The lowest BCUT2D eigenvalue weighted by atomic mass is 10.2. The zero-order valence-electron chi connectivity index (χ0n) is 10.4. The average molecular weight is 255 g/mol. The normalized spacial score (nSPS) is 9.78. The standard InChI is InChI=1S/C12H14FNO4/c1-14(11(15)12(16)18-3)7-8-6-9(13)4-5-10(8)17-2/h4-6H,7H2,1-3H3. The van der Waals surface area contributed by atoms with Crippen molar-refractivity contribution in [3.8, 4) is 5.75 Å². The number of amides is 1. The van der Waals surface area contributed by atoms with Crippen LogP contribution in [0.1, 0.15) is 5.56 Å². The van der Waals surface area contributed by atoms with E-state index in [1.165, 1.54) is 32.4 Å². The van der Waals surface area contributed by atoms with Crippen molar-refractivity contribution in [3.63, 3.8) is 0 Å². The Kier molecular flexibility index (Phi) is 4.65. The molecule has 6 heteroatoms. The van der Waals surface area contributed by atoms with E-state index in [0.717, 1.165) is 12.0 Å². The van der Waals surface area contributed by atoms with Crippen LogP contribution in [0.4, 0.5) is 4.39 Å². The van der Waals surface area contributed by atoms with Crippen LogP contribution in [0.25, 0.3) is 0 Å². The second-order valence-electron chi connectivity index (χ2n) is 3.61. The summed E-state index contributed by atoms with van der Waals surface area (Å²) >= 11 is 0. The highest BCUT2D eigenvalue weighted by molar-refractivity contribution is 6.32. The van der Waals surface area contributed by atoms with Crippen LogP contribution >= 0.6 is 0 Å². The van der Waals surface area contributed by atoms with Crippen LogP contribution in [0, 0.1) is 5.82 Å². The zero-order chi connectivity index (χ0) is 13.7. The van der Waals surface area contributed by atoms with Gasteiger partial charge in [-0.05, 0) is 18.2 Å². The summed E-state index contributed by atoms with van der Waals surface area (Å²) in [6, 6.07) is 3.96. The maximum atomic E-state index is 13.1. The summed E-state index contributed by atoms with van der Waals surface area (Å²) in [5.74, 6) is -1.76. The van der Waals surface area contributed by atoms with E-state index in [9.17, 15) is 14.0 Å². The molecule has 0 N–H and O–H groups in total. The number of methoxy groups -OCH3 is 2. The van der Waals surface area contributed by atoms with Gasteiger partial charge in [0.05, 0.1) is 14.2 Å². The van der Waals surface area contributed by atoms with Gasteiger partial charge in [0.15, 0.2) is 0 Å². The zero-order valence-corrected chi connectivity index (χ0v) is 10.4. The maximum Gasteiger partial charge on any atom is 0.396 e. The Labute approximate surface area is 104 Å². The lowest BCUT2D eigenvalue weighted by molar-refractivity contribution is -0.157. The highest BCUT2D eigenvalue weighted by atomic mass is 19.1. The molecule has 0 aliphatic rings. The number of hydrogen-bond acceptors (Lipinski definition) is 4. The van der Waals surface area contributed by atoms with Crippen LogP contribution in [0.3, 0.4) is 0 Å². The van der Waals surface area contributed by atoms with Gasteiger partial charge >= 0.3 is 11.9 Å². The summed E-state index contributed by atoms with van der Waals surface area (Å²) in [4.78, 5) is 23.7. The predicted molar refractivity (Wildman–Crippen MR) is 61.4 cm³/mol. The van der Waals surface area contributed by atoms with Gasteiger partial charge in [0, 0.05) is 19.2 Å². The fourth-order valence-electron chi connectivity index (χ4n) is 1.44. The SMILES string of the molecule is COC(=O)C(=O)N(C)Cc1cc(F)ccc1OC. The van der Waals surface area contributed by atoms with Crippen molar-refractivity contribution < 1.29 is 23.5 Å². The smallest absolute Gasteiger partial charge is 0.396 e. The van der Waals surface area contributed by atoms with Crippen molar-refractivity contribution in [2.24, 2.45) is 0 Å². The Morgan fingerprint density at radius 2 is 2.00 bits per heavy atom. The number of carbonyl (C=O) groups excluding carboxylic acids is 2. The Bertz CT molecular complexity index is 461. The fraction of sp³-hybridized carbons (Fsp3) is 0.333. The average Bonchev–Trinajstić information content (AvgIpc) is 2.37. The molecule has 0 radical (unpaired) electrons. The van der Waals surface area contributed by atoms with Crippen LogP contribution in [0.5, 0.6) is 5.75 Å². The molecule has 98 valence electrons. The molecule has 1 aromatic carbocycles. The van der Waals surface area contributed by atoms with Crippen molar-refractivity contribution in [2.45, 2.75) is 6.54 Å². The predicted octanol–water partition coefficient (Wildman–Crippen LogP) is 0.966. The molecule has 0 aliphatic heterocycles. The number of ether oxygens (including phenoxy) is 2. The summed E-state index contributed by atoms with van der Waals surface area (Å²) < 4.78 is 22.5. The van der Waals surface area contributed by atoms with Gasteiger partial charge in [-0.25, -0.2) is 9.18 Å². The minimum Gasteiger partial charge on any atom is -0.496 e. The molecule has 0 heterocycles. The van der Waals surface area contributed by atoms with Crippen molar-refractivity contribution in [3.05, 3.63) is 29.6 Å². The highest BCUT2D eigenvalue weighted by Gasteiger charge is 2.20. The lowest BCUT2D eigenvalue weighted by Crippen LogP contribution is -2.33. The molecule has 0 saturated heterocycles. The summed E-state index contributed by atoms with van der Waals surface area (Å²) in [7, 11) is 3.99. The van der Waals surface area contributed by atoms with Crippen LogP contribution < -0.4 is 4.74 Å². The third kappa shape index (κ3) is 3.19. The van der Waals surface area contributed by atoms with E-state index in [1.807, 2.05) is 0 Å². The first-order valence-electron chi connectivity index (χ1n) is 5.15. The van der Waals surface area contributed by atoms with Gasteiger partial charge in [-0.2, -0.15) is 0 Å². The van der Waals surface area contributed by atoms with Crippen molar-refractivity contribution in [1.29, 1.82) is 0 Å². The van der Waals surface area contributed by atoms with E-state index in [0.29, 0.717) is 11.3 Å². The molecule has 0 saturated carbocycles.